The van der Waals surface area contributed by atoms with E-state index < -0.39 is 5.97 Å². The van der Waals surface area contributed by atoms with Crippen molar-refractivity contribution >= 4 is 33.2 Å². The van der Waals surface area contributed by atoms with Crippen LogP contribution in [0.15, 0.2) is 22.4 Å². The third-order valence-electron chi connectivity index (χ3n) is 6.56. The van der Waals surface area contributed by atoms with Gasteiger partial charge in [0, 0.05) is 30.7 Å². The topological polar surface area (TPSA) is 106 Å². The fraction of sp³-hybridized carbons (Fsp3) is 0.455. The highest BCUT2D eigenvalue weighted by Crippen LogP contribution is 2.42. The van der Waals surface area contributed by atoms with Crippen LogP contribution in [-0.4, -0.2) is 38.8 Å². The summed E-state index contributed by atoms with van der Waals surface area (Å²) in [6.45, 7) is 5.99. The number of rotatable bonds is 4. The molecule has 1 aromatic carbocycles. The third kappa shape index (κ3) is 3.23. The predicted molar refractivity (Wildman–Crippen MR) is 118 cm³/mol. The Kier molecular flexibility index (Phi) is 4.82. The summed E-state index contributed by atoms with van der Waals surface area (Å²) in [5.41, 5.74) is 3.97. The van der Waals surface area contributed by atoms with Crippen molar-refractivity contribution in [3.63, 3.8) is 0 Å². The van der Waals surface area contributed by atoms with E-state index in [1.807, 2.05) is 30.5 Å². The SMILES string of the molecule is Cc1cc([C@@H](C)Nc2scnc2C(=O)O)c2nc3n(c(=O)c2c1)CCC31CCOCC1. The molecule has 1 fully saturated rings. The number of nitrogens with one attached hydrogen (secondary N) is 1. The first-order valence-electron chi connectivity index (χ1n) is 10.5. The van der Waals surface area contributed by atoms with Crippen molar-refractivity contribution in [3.8, 4) is 0 Å². The number of aryl methyl sites for hydroxylation is 1. The van der Waals surface area contributed by atoms with E-state index in [1.165, 1.54) is 16.8 Å². The van der Waals surface area contributed by atoms with Gasteiger partial charge in [-0.05, 0) is 44.7 Å². The van der Waals surface area contributed by atoms with Crippen molar-refractivity contribution < 1.29 is 14.6 Å². The van der Waals surface area contributed by atoms with E-state index in [-0.39, 0.29) is 22.7 Å². The molecule has 2 aromatic heterocycles. The van der Waals surface area contributed by atoms with Gasteiger partial charge in [-0.15, -0.1) is 11.3 Å². The first kappa shape index (κ1) is 20.1. The van der Waals surface area contributed by atoms with E-state index in [0.29, 0.717) is 35.7 Å². The van der Waals surface area contributed by atoms with Gasteiger partial charge < -0.3 is 15.2 Å². The lowest BCUT2D eigenvalue weighted by molar-refractivity contribution is 0.0492. The number of carboxylic acids is 1. The third-order valence-corrected chi connectivity index (χ3v) is 7.31. The van der Waals surface area contributed by atoms with Crippen LogP contribution in [0.1, 0.15) is 59.7 Å². The van der Waals surface area contributed by atoms with Gasteiger partial charge in [-0.25, -0.2) is 14.8 Å². The van der Waals surface area contributed by atoms with E-state index in [1.54, 1.807) is 0 Å². The average Bonchev–Trinajstić information content (AvgIpc) is 3.34. The van der Waals surface area contributed by atoms with Gasteiger partial charge in [0.1, 0.15) is 10.8 Å². The summed E-state index contributed by atoms with van der Waals surface area (Å²) in [5.74, 6) is -0.199. The molecule has 9 heteroatoms. The summed E-state index contributed by atoms with van der Waals surface area (Å²) in [7, 11) is 0. The number of carboxylic acid groups (broad SMARTS) is 1. The van der Waals surface area contributed by atoms with Gasteiger partial charge in [0.2, 0.25) is 0 Å². The van der Waals surface area contributed by atoms with Crippen molar-refractivity contribution in [2.75, 3.05) is 18.5 Å². The van der Waals surface area contributed by atoms with Gasteiger partial charge in [0.15, 0.2) is 5.69 Å². The molecule has 8 nitrogen and oxygen atoms in total. The highest BCUT2D eigenvalue weighted by atomic mass is 32.1. The molecule has 3 aromatic rings. The molecule has 5 rings (SSSR count). The second-order valence-electron chi connectivity index (χ2n) is 8.49. The van der Waals surface area contributed by atoms with Crippen LogP contribution < -0.4 is 10.9 Å². The molecule has 0 aliphatic carbocycles. The molecule has 2 aliphatic rings. The molecule has 0 bridgehead atoms. The zero-order valence-corrected chi connectivity index (χ0v) is 18.3. The summed E-state index contributed by atoms with van der Waals surface area (Å²) >= 11 is 1.25. The monoisotopic (exact) mass is 440 g/mol. The minimum absolute atomic E-state index is 0.00360. The number of aromatic nitrogens is 3. The lowest BCUT2D eigenvalue weighted by Crippen LogP contribution is -2.34. The van der Waals surface area contributed by atoms with Crippen LogP contribution in [0.2, 0.25) is 0 Å². The van der Waals surface area contributed by atoms with E-state index in [9.17, 15) is 14.7 Å². The van der Waals surface area contributed by atoms with Gasteiger partial charge in [0.25, 0.3) is 5.56 Å². The molecular formula is C22H24N4O4S. The molecular weight excluding hydrogens is 416 g/mol. The second kappa shape index (κ2) is 7.42. The van der Waals surface area contributed by atoms with Crippen LogP contribution in [0.25, 0.3) is 10.9 Å². The molecule has 0 radical (unpaired) electrons. The van der Waals surface area contributed by atoms with Crippen LogP contribution in [-0.2, 0) is 16.7 Å². The van der Waals surface area contributed by atoms with E-state index in [0.717, 1.165) is 36.2 Å². The number of thiazole rings is 1. The molecule has 0 amide bonds. The van der Waals surface area contributed by atoms with Crippen LogP contribution >= 0.6 is 11.3 Å². The van der Waals surface area contributed by atoms with Crippen molar-refractivity contribution in [3.05, 3.63) is 50.6 Å². The van der Waals surface area contributed by atoms with Crippen molar-refractivity contribution in [2.45, 2.75) is 51.1 Å². The van der Waals surface area contributed by atoms with Crippen molar-refractivity contribution in [1.82, 2.24) is 14.5 Å². The maximum atomic E-state index is 13.4. The Labute approximate surface area is 182 Å². The second-order valence-corrected chi connectivity index (χ2v) is 9.34. The molecule has 1 spiro atoms. The zero-order chi connectivity index (χ0) is 21.8. The normalized spacial score (nSPS) is 18.3. The number of anilines is 1. The molecule has 162 valence electrons. The standard InChI is InChI=1S/C22H24N4O4S/c1-12-9-14(13(2)24-18-17(20(28)29)23-11-31-18)16-15(10-12)19(27)26-6-3-22(21(26)25-16)4-7-30-8-5-22/h9-11,13,24H,3-8H2,1-2H3,(H,28,29)/t13-/m1/s1. The number of hydrogen-bond acceptors (Lipinski definition) is 7. The lowest BCUT2D eigenvalue weighted by Gasteiger charge is -2.32. The summed E-state index contributed by atoms with van der Waals surface area (Å²) < 4.78 is 7.43. The number of fused-ring (bicyclic) bond motifs is 3. The van der Waals surface area contributed by atoms with Crippen LogP contribution in [0.5, 0.6) is 0 Å². The number of carbonyl (C=O) groups is 1. The Bertz CT molecular complexity index is 1240. The van der Waals surface area contributed by atoms with E-state index in [4.69, 9.17) is 9.72 Å². The quantitative estimate of drug-likeness (QED) is 0.640. The number of hydrogen-bond donors (Lipinski definition) is 2. The molecule has 0 unspecified atom stereocenters. The largest absolute Gasteiger partial charge is 0.476 e. The van der Waals surface area contributed by atoms with E-state index in [2.05, 4.69) is 10.3 Å². The first-order chi connectivity index (χ1) is 14.9. The fourth-order valence-corrected chi connectivity index (χ4v) is 5.65. The van der Waals surface area contributed by atoms with Gasteiger partial charge in [-0.1, -0.05) is 6.07 Å². The molecule has 1 saturated heterocycles. The number of benzene rings is 1. The number of nitrogens with zero attached hydrogens (tertiary/aromatic N) is 3. The summed E-state index contributed by atoms with van der Waals surface area (Å²) in [5, 5.41) is 13.8. The Morgan fingerprint density at radius 3 is 2.84 bits per heavy atom. The van der Waals surface area contributed by atoms with Gasteiger partial charge in [-0.3, -0.25) is 9.36 Å². The Balaban J connectivity index is 1.64. The first-order valence-corrected chi connectivity index (χ1v) is 11.3. The zero-order valence-electron chi connectivity index (χ0n) is 17.5. The van der Waals surface area contributed by atoms with Gasteiger partial charge >= 0.3 is 5.97 Å². The Morgan fingerprint density at radius 1 is 1.32 bits per heavy atom. The predicted octanol–water partition coefficient (Wildman–Crippen LogP) is 3.48. The van der Waals surface area contributed by atoms with Crippen molar-refractivity contribution in [1.29, 1.82) is 0 Å². The highest BCUT2D eigenvalue weighted by Gasteiger charge is 2.43. The smallest absolute Gasteiger partial charge is 0.357 e. The minimum Gasteiger partial charge on any atom is -0.476 e. The summed E-state index contributed by atoms with van der Waals surface area (Å²) in [6, 6.07) is 3.68. The van der Waals surface area contributed by atoms with Crippen LogP contribution in [0, 0.1) is 6.92 Å². The molecule has 0 saturated carbocycles. The fourth-order valence-electron chi connectivity index (χ4n) is 4.89. The molecule has 1 atom stereocenters. The summed E-state index contributed by atoms with van der Waals surface area (Å²) in [4.78, 5) is 33.9. The van der Waals surface area contributed by atoms with Gasteiger partial charge in [0.05, 0.1) is 22.5 Å². The molecule has 4 heterocycles. The molecule has 2 aliphatic heterocycles. The molecule has 2 N–H and O–H groups in total. The Morgan fingerprint density at radius 2 is 2.10 bits per heavy atom. The minimum atomic E-state index is -1.07. The van der Waals surface area contributed by atoms with Crippen LogP contribution in [0.3, 0.4) is 0 Å². The maximum absolute atomic E-state index is 13.4. The molecule has 31 heavy (non-hydrogen) atoms. The van der Waals surface area contributed by atoms with E-state index >= 15 is 0 Å². The van der Waals surface area contributed by atoms with Crippen LogP contribution in [0.4, 0.5) is 5.00 Å². The number of aromatic carboxylic acids is 1. The average molecular weight is 441 g/mol. The highest BCUT2D eigenvalue weighted by molar-refractivity contribution is 7.14. The Hall–Kier alpha value is -2.78. The van der Waals surface area contributed by atoms with Gasteiger partial charge in [-0.2, -0.15) is 0 Å². The maximum Gasteiger partial charge on any atom is 0.357 e. The summed E-state index contributed by atoms with van der Waals surface area (Å²) in [6.07, 6.45) is 2.67. The number of ether oxygens (including phenoxy) is 1. The lowest BCUT2D eigenvalue weighted by atomic mass is 9.78. The van der Waals surface area contributed by atoms with Crippen molar-refractivity contribution in [2.24, 2.45) is 0 Å².